The van der Waals surface area contributed by atoms with Crippen LogP contribution in [0, 0.1) is 0 Å². The van der Waals surface area contributed by atoms with Gasteiger partial charge < -0.3 is 5.32 Å². The molecule has 0 heterocycles. The maximum atomic E-state index is 13.0. The molecule has 0 radical (unpaired) electrons. The molecule has 0 aromatic heterocycles. The average Bonchev–Trinajstić information content (AvgIpc) is 2.60. The average molecular weight is 543 g/mol. The highest BCUT2D eigenvalue weighted by atomic mass is 32.2. The summed E-state index contributed by atoms with van der Waals surface area (Å²) in [5.74, 6) is -46.7. The smallest absolute Gasteiger partial charge is 0.310 e. The number of halogens is 14. The molecule has 0 rings (SSSR count). The molecule has 0 aliphatic heterocycles. The lowest BCUT2D eigenvalue weighted by Gasteiger charge is -2.41. The molecule has 0 amide bonds. The Balaban J connectivity index is 0. The highest BCUT2D eigenvalue weighted by molar-refractivity contribution is 7.87. The number of nitrogens with one attached hydrogen (secondary N) is 1. The normalized spacial score (nSPS) is 14.9. The van der Waals surface area contributed by atoms with Gasteiger partial charge in [0.05, 0.1) is 0 Å². The minimum Gasteiger partial charge on any atom is -0.310 e. The van der Waals surface area contributed by atoms with Crippen molar-refractivity contribution < 1.29 is 74.4 Å². The van der Waals surface area contributed by atoms with Gasteiger partial charge in [-0.25, -0.2) is 0 Å². The third-order valence-electron chi connectivity index (χ3n) is 3.40. The fourth-order valence-corrected chi connectivity index (χ4v) is 1.95. The van der Waals surface area contributed by atoms with Crippen molar-refractivity contribution in [2.24, 2.45) is 0 Å². The first kappa shape index (κ1) is 33.5. The van der Waals surface area contributed by atoms with Crippen molar-refractivity contribution in [2.45, 2.75) is 47.7 Å². The molecule has 0 bridgehead atoms. The van der Waals surface area contributed by atoms with Gasteiger partial charge >= 0.3 is 50.9 Å². The van der Waals surface area contributed by atoms with Crippen LogP contribution in [-0.4, -0.2) is 66.8 Å². The summed E-state index contributed by atoms with van der Waals surface area (Å²) in [6.07, 6.45) is 3.65. The van der Waals surface area contributed by atoms with Gasteiger partial charge in [0.25, 0.3) is 0 Å². The SMILES string of the molecule is C=CCNCC=C.CC(F)(F)C(F)(F)C(F)(F)C(F)(F)C(F)(F)C(F)(F)C(F)(F)S(=O)(=O)O. The summed E-state index contributed by atoms with van der Waals surface area (Å²) < 4.78 is 207. The van der Waals surface area contributed by atoms with Gasteiger partial charge in [-0.15, -0.1) is 13.2 Å². The lowest BCUT2D eigenvalue weighted by Crippen LogP contribution is -2.73. The molecule has 0 saturated carbocycles. The Morgan fingerprint density at radius 3 is 1.18 bits per heavy atom. The Morgan fingerprint density at radius 2 is 0.939 bits per heavy atom. The van der Waals surface area contributed by atoms with Gasteiger partial charge in [0.15, 0.2) is 0 Å². The molecule has 4 nitrogen and oxygen atoms in total. The molecule has 0 spiro atoms. The molecule has 0 unspecified atom stereocenters. The van der Waals surface area contributed by atoms with Crippen LogP contribution in [0.1, 0.15) is 6.92 Å². The molecule has 0 fully saturated rings. The Labute approximate surface area is 177 Å². The van der Waals surface area contributed by atoms with E-state index in [-0.39, 0.29) is 0 Å². The molecule has 198 valence electrons. The van der Waals surface area contributed by atoms with Crippen LogP contribution in [0.5, 0.6) is 0 Å². The van der Waals surface area contributed by atoms with Crippen LogP contribution >= 0.6 is 0 Å². The summed E-state index contributed by atoms with van der Waals surface area (Å²) in [4.78, 5) is 0. The third kappa shape index (κ3) is 5.72. The van der Waals surface area contributed by atoms with Gasteiger partial charge in [0, 0.05) is 20.0 Å². The van der Waals surface area contributed by atoms with Crippen molar-refractivity contribution in [2.75, 3.05) is 13.1 Å². The van der Waals surface area contributed by atoms with E-state index in [0.717, 1.165) is 13.1 Å². The molecule has 2 N–H and O–H groups in total. The molecule has 0 saturated heterocycles. The van der Waals surface area contributed by atoms with E-state index in [1.54, 1.807) is 0 Å². The summed E-state index contributed by atoms with van der Waals surface area (Å²) in [7, 11) is -7.69. The topological polar surface area (TPSA) is 66.4 Å². The van der Waals surface area contributed by atoms with E-state index in [0.29, 0.717) is 0 Å². The molecular formula is C14H15F14NO3S. The summed E-state index contributed by atoms with van der Waals surface area (Å²) >= 11 is 0. The van der Waals surface area contributed by atoms with Gasteiger partial charge in [0.1, 0.15) is 0 Å². The van der Waals surface area contributed by atoms with Crippen LogP contribution in [0.2, 0.25) is 0 Å². The number of hydrogen-bond acceptors (Lipinski definition) is 3. The first-order valence-electron chi connectivity index (χ1n) is 7.71. The van der Waals surface area contributed by atoms with E-state index in [2.05, 4.69) is 18.5 Å². The highest BCUT2D eigenvalue weighted by Gasteiger charge is 2.93. The van der Waals surface area contributed by atoms with Crippen LogP contribution in [0.4, 0.5) is 61.5 Å². The standard InChI is InChI=1S/C8H4F14O3S.C6H11N/c1-2(9,10)3(11,12)4(13,14)5(15,16)6(17,18)7(19,20)8(21,22)26(23,24)25;1-3-5-7-6-4-2/h1H3,(H,23,24,25);3-4,7H,1-2,5-6H2. The quantitative estimate of drug-likeness (QED) is 0.162. The van der Waals surface area contributed by atoms with Crippen LogP contribution < -0.4 is 5.32 Å². The first-order chi connectivity index (χ1) is 14.2. The van der Waals surface area contributed by atoms with Gasteiger partial charge in [-0.05, 0) is 0 Å². The van der Waals surface area contributed by atoms with Crippen molar-refractivity contribution in [3.63, 3.8) is 0 Å². The number of alkyl halides is 14. The van der Waals surface area contributed by atoms with Gasteiger partial charge in [0.2, 0.25) is 0 Å². The lowest BCUT2D eigenvalue weighted by molar-refractivity contribution is -0.434. The van der Waals surface area contributed by atoms with E-state index < -0.39 is 57.8 Å². The molecule has 33 heavy (non-hydrogen) atoms. The molecule has 0 aromatic rings. The fourth-order valence-electron chi connectivity index (χ4n) is 1.50. The zero-order chi connectivity index (χ0) is 27.5. The number of rotatable bonds is 11. The monoisotopic (exact) mass is 543 g/mol. The maximum Gasteiger partial charge on any atom is 0.438 e. The second-order valence-electron chi connectivity index (χ2n) is 5.99. The molecule has 19 heteroatoms. The largest absolute Gasteiger partial charge is 0.438 e. The predicted octanol–water partition coefficient (Wildman–Crippen LogP) is 5.25. The molecule has 0 aliphatic carbocycles. The molecular weight excluding hydrogens is 528 g/mol. The van der Waals surface area contributed by atoms with E-state index in [1.807, 2.05) is 12.2 Å². The Bertz CT molecular complexity index is 781. The van der Waals surface area contributed by atoms with Crippen molar-refractivity contribution >= 4 is 10.1 Å². The second kappa shape index (κ2) is 9.93. The van der Waals surface area contributed by atoms with E-state index in [9.17, 15) is 69.9 Å². The molecule has 0 aliphatic rings. The Kier molecular flexibility index (Phi) is 10.1. The lowest BCUT2D eigenvalue weighted by atomic mass is 9.92. The maximum absolute atomic E-state index is 13.0. The van der Waals surface area contributed by atoms with Crippen molar-refractivity contribution in [3.8, 4) is 0 Å². The minimum atomic E-state index is -8.38. The summed E-state index contributed by atoms with van der Waals surface area (Å²) in [6.45, 7) is 7.60. The zero-order valence-electron chi connectivity index (χ0n) is 15.9. The van der Waals surface area contributed by atoms with Crippen LogP contribution in [-0.2, 0) is 10.1 Å². The van der Waals surface area contributed by atoms with Crippen LogP contribution in [0.3, 0.4) is 0 Å². The molecule has 0 atom stereocenters. The minimum absolute atomic E-state index is 0.867. The van der Waals surface area contributed by atoms with Gasteiger partial charge in [-0.2, -0.15) is 69.9 Å². The van der Waals surface area contributed by atoms with Crippen molar-refractivity contribution in [1.29, 1.82) is 0 Å². The summed E-state index contributed by atoms with van der Waals surface area (Å²) in [5.41, 5.74) is 0. The van der Waals surface area contributed by atoms with Crippen molar-refractivity contribution in [3.05, 3.63) is 25.3 Å². The van der Waals surface area contributed by atoms with E-state index in [1.165, 1.54) is 0 Å². The van der Waals surface area contributed by atoms with Crippen LogP contribution in [0.15, 0.2) is 25.3 Å². The predicted molar refractivity (Wildman–Crippen MR) is 85.1 cm³/mol. The number of hydrogen-bond donors (Lipinski definition) is 2. The Hall–Kier alpha value is -1.63. The molecule has 0 aromatic carbocycles. The van der Waals surface area contributed by atoms with Crippen LogP contribution in [0.25, 0.3) is 0 Å². The summed E-state index contributed by atoms with van der Waals surface area (Å²) in [5, 5.41) is -4.56. The van der Waals surface area contributed by atoms with Crippen molar-refractivity contribution in [1.82, 2.24) is 5.32 Å². The van der Waals surface area contributed by atoms with E-state index in [4.69, 9.17) is 4.55 Å². The Morgan fingerprint density at radius 1 is 0.667 bits per heavy atom. The van der Waals surface area contributed by atoms with Gasteiger partial charge in [-0.3, -0.25) is 4.55 Å². The second-order valence-corrected chi connectivity index (χ2v) is 7.45. The van der Waals surface area contributed by atoms with E-state index >= 15 is 0 Å². The highest BCUT2D eigenvalue weighted by Crippen LogP contribution is 2.62. The zero-order valence-corrected chi connectivity index (χ0v) is 16.8. The third-order valence-corrected chi connectivity index (χ3v) is 4.30. The fraction of sp³-hybridized carbons (Fsp3) is 0.714. The summed E-state index contributed by atoms with van der Waals surface area (Å²) in [6, 6.07) is 0. The first-order valence-corrected chi connectivity index (χ1v) is 9.15. The van der Waals surface area contributed by atoms with Gasteiger partial charge in [-0.1, -0.05) is 12.2 Å².